The van der Waals surface area contributed by atoms with Crippen LogP contribution in [0.4, 0.5) is 0 Å². The smallest absolute Gasteiger partial charge is 0.0725 e. The third-order valence-corrected chi connectivity index (χ3v) is 2.93. The Morgan fingerprint density at radius 1 is 1.27 bits per heavy atom. The first-order valence-corrected chi connectivity index (χ1v) is 5.70. The Bertz CT molecular complexity index is 290. The minimum atomic E-state index is 0.664. The molecule has 0 aliphatic carbocycles. The lowest BCUT2D eigenvalue weighted by atomic mass is 10.3. The summed E-state index contributed by atoms with van der Waals surface area (Å²) in [6, 6.07) is 0. The van der Waals surface area contributed by atoms with Gasteiger partial charge in [-0.05, 0) is 32.5 Å². The van der Waals surface area contributed by atoms with E-state index >= 15 is 0 Å². The van der Waals surface area contributed by atoms with Crippen LogP contribution in [0, 0.1) is 0 Å². The minimum absolute atomic E-state index is 0.664. The summed E-state index contributed by atoms with van der Waals surface area (Å²) in [5.41, 5.74) is 6.68. The highest BCUT2D eigenvalue weighted by atomic mass is 15.4. The highest BCUT2D eigenvalue weighted by molar-refractivity contribution is 4.94. The summed E-state index contributed by atoms with van der Waals surface area (Å²) >= 11 is 0. The molecule has 1 aromatic rings. The van der Waals surface area contributed by atoms with Gasteiger partial charge in [-0.1, -0.05) is 5.21 Å². The van der Waals surface area contributed by atoms with E-state index in [4.69, 9.17) is 5.73 Å². The molecule has 0 saturated carbocycles. The van der Waals surface area contributed by atoms with Gasteiger partial charge in [0, 0.05) is 13.0 Å². The zero-order valence-corrected chi connectivity index (χ0v) is 9.10. The number of nitrogens with two attached hydrogens (primary N) is 1. The van der Waals surface area contributed by atoms with E-state index in [2.05, 4.69) is 15.2 Å². The third-order valence-electron chi connectivity index (χ3n) is 2.93. The van der Waals surface area contributed by atoms with Gasteiger partial charge in [-0.25, -0.2) is 4.68 Å². The maximum atomic E-state index is 5.53. The first kappa shape index (κ1) is 10.6. The molecule has 0 radical (unpaired) electrons. The number of aromatic nitrogens is 3. The second-order valence-corrected chi connectivity index (χ2v) is 4.04. The Balaban J connectivity index is 1.83. The Morgan fingerprint density at radius 3 is 2.80 bits per heavy atom. The van der Waals surface area contributed by atoms with Gasteiger partial charge in [0.1, 0.15) is 0 Å². The molecule has 0 atom stereocenters. The van der Waals surface area contributed by atoms with Crippen LogP contribution in [0.2, 0.25) is 0 Å². The maximum absolute atomic E-state index is 5.53. The summed E-state index contributed by atoms with van der Waals surface area (Å²) in [7, 11) is 0. The number of rotatable bonds is 5. The number of hydrogen-bond acceptors (Lipinski definition) is 4. The Kier molecular flexibility index (Phi) is 3.69. The van der Waals surface area contributed by atoms with Crippen LogP contribution >= 0.6 is 0 Å². The van der Waals surface area contributed by atoms with Gasteiger partial charge in [0.2, 0.25) is 0 Å². The second-order valence-electron chi connectivity index (χ2n) is 4.04. The zero-order chi connectivity index (χ0) is 10.5. The van der Waals surface area contributed by atoms with Gasteiger partial charge in [-0.3, -0.25) is 0 Å². The molecular formula is C10H19N5. The fourth-order valence-corrected chi connectivity index (χ4v) is 2.05. The highest BCUT2D eigenvalue weighted by Crippen LogP contribution is 2.07. The van der Waals surface area contributed by atoms with Gasteiger partial charge in [-0.2, -0.15) is 0 Å². The standard InChI is InChI=1S/C10H19N5/c11-4-3-10-9-12-13-15(10)8-7-14-5-1-2-6-14/h9H,1-8,11H2. The van der Waals surface area contributed by atoms with Crippen molar-refractivity contribution in [1.82, 2.24) is 19.9 Å². The van der Waals surface area contributed by atoms with Crippen LogP contribution < -0.4 is 5.73 Å². The van der Waals surface area contributed by atoms with Crippen molar-refractivity contribution in [3.63, 3.8) is 0 Å². The normalized spacial score (nSPS) is 17.4. The number of nitrogens with zero attached hydrogens (tertiary/aromatic N) is 4. The molecule has 5 heteroatoms. The summed E-state index contributed by atoms with van der Waals surface area (Å²) < 4.78 is 1.98. The molecule has 1 saturated heterocycles. The highest BCUT2D eigenvalue weighted by Gasteiger charge is 2.11. The van der Waals surface area contributed by atoms with Crippen LogP contribution in [0.15, 0.2) is 6.20 Å². The molecule has 15 heavy (non-hydrogen) atoms. The molecule has 1 aromatic heterocycles. The topological polar surface area (TPSA) is 60.0 Å². The van der Waals surface area contributed by atoms with Gasteiger partial charge < -0.3 is 10.6 Å². The largest absolute Gasteiger partial charge is 0.330 e. The van der Waals surface area contributed by atoms with Crippen molar-refractivity contribution in [3.8, 4) is 0 Å². The lowest BCUT2D eigenvalue weighted by molar-refractivity contribution is 0.312. The molecule has 0 amide bonds. The van der Waals surface area contributed by atoms with Crippen molar-refractivity contribution in [2.24, 2.45) is 5.73 Å². The van der Waals surface area contributed by atoms with Gasteiger partial charge >= 0.3 is 0 Å². The molecule has 1 fully saturated rings. The van der Waals surface area contributed by atoms with E-state index in [1.165, 1.54) is 25.9 Å². The predicted octanol–water partition coefficient (Wildman–Crippen LogP) is -0.125. The van der Waals surface area contributed by atoms with Crippen molar-refractivity contribution in [3.05, 3.63) is 11.9 Å². The molecule has 0 aromatic carbocycles. The van der Waals surface area contributed by atoms with Crippen molar-refractivity contribution in [2.75, 3.05) is 26.2 Å². The van der Waals surface area contributed by atoms with Gasteiger partial charge in [-0.15, -0.1) is 5.10 Å². The van der Waals surface area contributed by atoms with E-state index in [0.717, 1.165) is 25.2 Å². The average molecular weight is 209 g/mol. The summed E-state index contributed by atoms with van der Waals surface area (Å²) in [5, 5.41) is 8.01. The first-order valence-electron chi connectivity index (χ1n) is 5.70. The average Bonchev–Trinajstić information content (AvgIpc) is 2.85. The quantitative estimate of drug-likeness (QED) is 0.734. The SMILES string of the molecule is NCCc1cnnn1CCN1CCCC1. The van der Waals surface area contributed by atoms with Crippen LogP contribution in [0.25, 0.3) is 0 Å². The summed E-state index contributed by atoms with van der Waals surface area (Å²) in [6.45, 7) is 5.16. The molecule has 0 unspecified atom stereocenters. The third kappa shape index (κ3) is 2.76. The van der Waals surface area contributed by atoms with E-state index < -0.39 is 0 Å². The lowest BCUT2D eigenvalue weighted by Crippen LogP contribution is -2.25. The van der Waals surface area contributed by atoms with E-state index in [1.807, 2.05) is 10.9 Å². The molecule has 1 aliphatic rings. The molecule has 84 valence electrons. The fraction of sp³-hybridized carbons (Fsp3) is 0.800. The van der Waals surface area contributed by atoms with Crippen LogP contribution in [-0.2, 0) is 13.0 Å². The molecule has 2 heterocycles. The minimum Gasteiger partial charge on any atom is -0.330 e. The van der Waals surface area contributed by atoms with Gasteiger partial charge in [0.15, 0.2) is 0 Å². The van der Waals surface area contributed by atoms with Crippen LogP contribution in [0.1, 0.15) is 18.5 Å². The van der Waals surface area contributed by atoms with E-state index in [9.17, 15) is 0 Å². The summed E-state index contributed by atoms with van der Waals surface area (Å²) in [5.74, 6) is 0. The van der Waals surface area contributed by atoms with Gasteiger partial charge in [0.25, 0.3) is 0 Å². The zero-order valence-electron chi connectivity index (χ0n) is 9.10. The monoisotopic (exact) mass is 209 g/mol. The predicted molar refractivity (Wildman–Crippen MR) is 58.5 cm³/mol. The lowest BCUT2D eigenvalue weighted by Gasteiger charge is -2.14. The molecule has 2 N–H and O–H groups in total. The molecular weight excluding hydrogens is 190 g/mol. The Labute approximate surface area is 90.2 Å². The van der Waals surface area contributed by atoms with Crippen LogP contribution in [-0.4, -0.2) is 46.1 Å². The Hall–Kier alpha value is -0.940. The van der Waals surface area contributed by atoms with Crippen molar-refractivity contribution >= 4 is 0 Å². The fourth-order valence-electron chi connectivity index (χ4n) is 2.05. The van der Waals surface area contributed by atoms with E-state index in [-0.39, 0.29) is 0 Å². The summed E-state index contributed by atoms with van der Waals surface area (Å²) in [4.78, 5) is 2.48. The molecule has 5 nitrogen and oxygen atoms in total. The van der Waals surface area contributed by atoms with Crippen molar-refractivity contribution in [1.29, 1.82) is 0 Å². The molecule has 0 spiro atoms. The number of hydrogen-bond donors (Lipinski definition) is 1. The van der Waals surface area contributed by atoms with Gasteiger partial charge in [0.05, 0.1) is 18.4 Å². The Morgan fingerprint density at radius 2 is 2.07 bits per heavy atom. The summed E-state index contributed by atoms with van der Waals surface area (Å²) in [6.07, 6.45) is 5.36. The van der Waals surface area contributed by atoms with Crippen molar-refractivity contribution < 1.29 is 0 Å². The van der Waals surface area contributed by atoms with E-state index in [1.54, 1.807) is 0 Å². The van der Waals surface area contributed by atoms with Crippen molar-refractivity contribution in [2.45, 2.75) is 25.8 Å². The second kappa shape index (κ2) is 5.23. The molecule has 0 bridgehead atoms. The van der Waals surface area contributed by atoms with Crippen LogP contribution in [0.3, 0.4) is 0 Å². The maximum Gasteiger partial charge on any atom is 0.0725 e. The van der Waals surface area contributed by atoms with Crippen LogP contribution in [0.5, 0.6) is 0 Å². The number of likely N-dealkylation sites (tertiary alicyclic amines) is 1. The van der Waals surface area contributed by atoms with E-state index in [0.29, 0.717) is 6.54 Å². The first-order chi connectivity index (χ1) is 7.40. The molecule has 1 aliphatic heterocycles. The molecule has 2 rings (SSSR count).